The van der Waals surface area contributed by atoms with Crippen molar-refractivity contribution >= 4 is 17.8 Å². The molecule has 0 heterocycles. The van der Waals surface area contributed by atoms with Gasteiger partial charge in [-0.1, -0.05) is 32.9 Å². The minimum atomic E-state index is -1.08. The van der Waals surface area contributed by atoms with Crippen LogP contribution in [0.2, 0.25) is 0 Å². The van der Waals surface area contributed by atoms with Gasteiger partial charge in [0.15, 0.2) is 0 Å². The van der Waals surface area contributed by atoms with Crippen LogP contribution < -0.4 is 5.32 Å². The van der Waals surface area contributed by atoms with Crippen LogP contribution in [0.4, 0.5) is 0 Å². The molecule has 0 saturated carbocycles. The standard InChI is InChI=1S/C17H23NO5/c1-17(2,3)12-8-6-11(7-9-12)15(20)18-13(16(21)23-5)10-14(19)22-4/h6-9,13H,10H2,1-5H3,(H,18,20)/t13-/m0/s1. The molecule has 23 heavy (non-hydrogen) atoms. The topological polar surface area (TPSA) is 81.7 Å². The van der Waals surface area contributed by atoms with Gasteiger partial charge in [0.1, 0.15) is 6.04 Å². The Kier molecular flexibility index (Phi) is 6.30. The van der Waals surface area contributed by atoms with Crippen molar-refractivity contribution < 1.29 is 23.9 Å². The second-order valence-electron chi connectivity index (χ2n) is 6.16. The maximum atomic E-state index is 12.2. The first-order chi connectivity index (χ1) is 10.7. The summed E-state index contributed by atoms with van der Waals surface area (Å²) in [5, 5.41) is 2.49. The van der Waals surface area contributed by atoms with E-state index in [0.717, 1.165) is 5.56 Å². The highest BCUT2D eigenvalue weighted by atomic mass is 16.5. The van der Waals surface area contributed by atoms with E-state index in [0.29, 0.717) is 5.56 Å². The van der Waals surface area contributed by atoms with Gasteiger partial charge < -0.3 is 14.8 Å². The molecule has 0 aliphatic carbocycles. The molecule has 0 aliphatic heterocycles. The highest BCUT2D eigenvalue weighted by Gasteiger charge is 2.25. The molecule has 126 valence electrons. The molecule has 0 radical (unpaired) electrons. The number of carbonyl (C=O) groups excluding carboxylic acids is 3. The van der Waals surface area contributed by atoms with Crippen LogP contribution in [0, 0.1) is 0 Å². The van der Waals surface area contributed by atoms with Gasteiger partial charge in [0.25, 0.3) is 5.91 Å². The molecule has 0 bridgehead atoms. The largest absolute Gasteiger partial charge is 0.469 e. The van der Waals surface area contributed by atoms with Gasteiger partial charge >= 0.3 is 11.9 Å². The average Bonchev–Trinajstić information content (AvgIpc) is 2.52. The Morgan fingerprint density at radius 3 is 2.04 bits per heavy atom. The van der Waals surface area contributed by atoms with Gasteiger partial charge in [-0.05, 0) is 23.1 Å². The molecule has 1 N–H and O–H groups in total. The van der Waals surface area contributed by atoms with E-state index in [4.69, 9.17) is 0 Å². The zero-order chi connectivity index (χ0) is 17.6. The molecule has 1 aromatic carbocycles. The van der Waals surface area contributed by atoms with Crippen LogP contribution in [-0.4, -0.2) is 38.1 Å². The van der Waals surface area contributed by atoms with E-state index in [2.05, 4.69) is 35.6 Å². The lowest BCUT2D eigenvalue weighted by atomic mass is 9.86. The summed E-state index contributed by atoms with van der Waals surface area (Å²) >= 11 is 0. The van der Waals surface area contributed by atoms with Crippen molar-refractivity contribution in [1.29, 1.82) is 0 Å². The van der Waals surface area contributed by atoms with Crippen LogP contribution in [0.25, 0.3) is 0 Å². The fraction of sp³-hybridized carbons (Fsp3) is 0.471. The zero-order valence-electron chi connectivity index (χ0n) is 14.1. The van der Waals surface area contributed by atoms with Crippen molar-refractivity contribution in [2.75, 3.05) is 14.2 Å². The van der Waals surface area contributed by atoms with Crippen LogP contribution >= 0.6 is 0 Å². The minimum absolute atomic E-state index is 0.0194. The van der Waals surface area contributed by atoms with Crippen molar-refractivity contribution in [2.24, 2.45) is 0 Å². The van der Waals surface area contributed by atoms with E-state index in [1.54, 1.807) is 12.1 Å². The molecule has 0 saturated heterocycles. The van der Waals surface area contributed by atoms with E-state index < -0.39 is 23.9 Å². The Bertz CT molecular complexity index is 572. The quantitative estimate of drug-likeness (QED) is 0.837. The Morgan fingerprint density at radius 1 is 1.04 bits per heavy atom. The van der Waals surface area contributed by atoms with Gasteiger partial charge in [-0.2, -0.15) is 0 Å². The minimum Gasteiger partial charge on any atom is -0.469 e. The first-order valence-electron chi connectivity index (χ1n) is 7.25. The summed E-state index contributed by atoms with van der Waals surface area (Å²) in [6.07, 6.45) is -0.283. The molecule has 6 nitrogen and oxygen atoms in total. The number of amides is 1. The number of esters is 2. The molecule has 1 atom stereocenters. The van der Waals surface area contributed by atoms with Crippen LogP contribution in [0.3, 0.4) is 0 Å². The fourth-order valence-electron chi connectivity index (χ4n) is 1.95. The van der Waals surface area contributed by atoms with Crippen molar-refractivity contribution in [3.8, 4) is 0 Å². The molecule has 0 fully saturated rings. The van der Waals surface area contributed by atoms with Gasteiger partial charge in [-0.15, -0.1) is 0 Å². The van der Waals surface area contributed by atoms with Crippen molar-refractivity contribution in [3.05, 3.63) is 35.4 Å². The summed E-state index contributed by atoms with van der Waals surface area (Å²) in [6.45, 7) is 6.23. The molecule has 1 rings (SSSR count). The highest BCUT2D eigenvalue weighted by Crippen LogP contribution is 2.22. The third-order valence-corrected chi connectivity index (χ3v) is 3.40. The normalized spacial score (nSPS) is 12.2. The SMILES string of the molecule is COC(=O)C[C@H](NC(=O)c1ccc(C(C)(C)C)cc1)C(=O)OC. The predicted molar refractivity (Wildman–Crippen MR) is 85.0 cm³/mol. The van der Waals surface area contributed by atoms with Crippen LogP contribution in [0.1, 0.15) is 43.1 Å². The van der Waals surface area contributed by atoms with E-state index >= 15 is 0 Å². The summed E-state index contributed by atoms with van der Waals surface area (Å²) < 4.78 is 9.11. The van der Waals surface area contributed by atoms with Crippen molar-refractivity contribution in [1.82, 2.24) is 5.32 Å². The first-order valence-corrected chi connectivity index (χ1v) is 7.25. The molecular weight excluding hydrogens is 298 g/mol. The first kappa shape index (κ1) is 18.7. The molecular formula is C17H23NO5. The number of ether oxygens (including phenoxy) is 2. The lowest BCUT2D eigenvalue weighted by Gasteiger charge is -2.19. The molecule has 0 aromatic heterocycles. The molecule has 1 aromatic rings. The Hall–Kier alpha value is -2.37. The van der Waals surface area contributed by atoms with Crippen LogP contribution in [0.5, 0.6) is 0 Å². The van der Waals surface area contributed by atoms with E-state index in [1.165, 1.54) is 14.2 Å². The maximum absolute atomic E-state index is 12.2. The van der Waals surface area contributed by atoms with Crippen molar-refractivity contribution in [2.45, 2.75) is 38.6 Å². The predicted octanol–water partition coefficient (Wildman–Crippen LogP) is 1.82. The number of hydrogen-bond acceptors (Lipinski definition) is 5. The fourth-order valence-corrected chi connectivity index (χ4v) is 1.95. The zero-order valence-corrected chi connectivity index (χ0v) is 14.1. The number of hydrogen-bond donors (Lipinski definition) is 1. The summed E-state index contributed by atoms with van der Waals surface area (Å²) in [6, 6.07) is 6.01. The van der Waals surface area contributed by atoms with Gasteiger partial charge in [-0.3, -0.25) is 9.59 Å². The lowest BCUT2D eigenvalue weighted by Crippen LogP contribution is -2.43. The molecule has 1 amide bonds. The second-order valence-corrected chi connectivity index (χ2v) is 6.16. The molecule has 0 unspecified atom stereocenters. The Morgan fingerprint density at radius 2 is 1.61 bits per heavy atom. The molecule has 0 aliphatic rings. The number of rotatable bonds is 5. The van der Waals surface area contributed by atoms with Gasteiger partial charge in [-0.25, -0.2) is 4.79 Å². The summed E-state index contributed by atoms with van der Waals surface area (Å²) in [7, 11) is 2.40. The Balaban J connectivity index is 2.86. The summed E-state index contributed by atoms with van der Waals surface area (Å²) in [4.78, 5) is 35.2. The van der Waals surface area contributed by atoms with Gasteiger partial charge in [0.05, 0.1) is 20.6 Å². The van der Waals surface area contributed by atoms with Gasteiger partial charge in [0.2, 0.25) is 0 Å². The van der Waals surface area contributed by atoms with E-state index in [1.807, 2.05) is 12.1 Å². The van der Waals surface area contributed by atoms with E-state index in [-0.39, 0.29) is 11.8 Å². The summed E-state index contributed by atoms with van der Waals surface area (Å²) in [5.41, 5.74) is 1.47. The average molecular weight is 321 g/mol. The number of nitrogens with one attached hydrogen (secondary N) is 1. The Labute approximate surface area is 136 Å². The van der Waals surface area contributed by atoms with Crippen LogP contribution in [0.15, 0.2) is 24.3 Å². The summed E-state index contributed by atoms with van der Waals surface area (Å²) in [5.74, 6) is -1.76. The molecule has 0 spiro atoms. The smallest absolute Gasteiger partial charge is 0.328 e. The molecule has 6 heteroatoms. The van der Waals surface area contributed by atoms with E-state index in [9.17, 15) is 14.4 Å². The maximum Gasteiger partial charge on any atom is 0.328 e. The monoisotopic (exact) mass is 321 g/mol. The number of benzene rings is 1. The number of carbonyl (C=O) groups is 3. The highest BCUT2D eigenvalue weighted by molar-refractivity contribution is 5.97. The lowest BCUT2D eigenvalue weighted by molar-refractivity contribution is -0.149. The number of methoxy groups -OCH3 is 2. The van der Waals surface area contributed by atoms with Gasteiger partial charge in [0, 0.05) is 5.56 Å². The van der Waals surface area contributed by atoms with Crippen molar-refractivity contribution in [3.63, 3.8) is 0 Å². The third-order valence-electron chi connectivity index (χ3n) is 3.40. The van der Waals surface area contributed by atoms with Crippen LogP contribution in [-0.2, 0) is 24.5 Å². The third kappa shape index (κ3) is 5.39. The second kappa shape index (κ2) is 7.76.